The minimum Gasteiger partial charge on any atom is -0.476 e. The molecule has 7 nitrogen and oxygen atoms in total. The van der Waals surface area contributed by atoms with Gasteiger partial charge in [-0.1, -0.05) is 18.2 Å². The number of aromatic nitrogens is 2. The van der Waals surface area contributed by atoms with Crippen molar-refractivity contribution in [1.82, 2.24) is 14.7 Å². The average Bonchev–Trinajstić information content (AvgIpc) is 2.95. The molecule has 0 saturated heterocycles. The van der Waals surface area contributed by atoms with Gasteiger partial charge in [-0.25, -0.2) is 14.3 Å². The van der Waals surface area contributed by atoms with Crippen LogP contribution in [0.2, 0.25) is 0 Å². The van der Waals surface area contributed by atoms with Gasteiger partial charge >= 0.3 is 12.1 Å². The number of amides is 1. The van der Waals surface area contributed by atoms with E-state index in [0.29, 0.717) is 18.5 Å². The number of carboxylic acids is 1. The van der Waals surface area contributed by atoms with Crippen molar-refractivity contribution in [3.63, 3.8) is 0 Å². The second kappa shape index (κ2) is 6.12. The van der Waals surface area contributed by atoms with Crippen LogP contribution < -0.4 is 0 Å². The van der Waals surface area contributed by atoms with Crippen LogP contribution in [-0.2, 0) is 17.7 Å². The van der Waals surface area contributed by atoms with E-state index in [1.807, 2.05) is 30.3 Å². The molecule has 0 unspecified atom stereocenters. The fourth-order valence-electron chi connectivity index (χ4n) is 2.74. The van der Waals surface area contributed by atoms with Gasteiger partial charge in [0, 0.05) is 18.5 Å². The smallest absolute Gasteiger partial charge is 0.410 e. The lowest BCUT2D eigenvalue weighted by Gasteiger charge is -2.26. The summed E-state index contributed by atoms with van der Waals surface area (Å²) in [5.41, 5.74) is 2.19. The van der Waals surface area contributed by atoms with Crippen LogP contribution in [-0.4, -0.2) is 45.0 Å². The molecule has 1 amide bonds. The molecule has 0 aliphatic carbocycles. The number of carbonyl (C=O) groups excluding carboxylic acids is 1. The number of benzene rings is 1. The van der Waals surface area contributed by atoms with Crippen molar-refractivity contribution in [3.8, 4) is 5.69 Å². The zero-order valence-electron chi connectivity index (χ0n) is 12.7. The fourth-order valence-corrected chi connectivity index (χ4v) is 2.74. The minimum atomic E-state index is -1.10. The highest BCUT2D eigenvalue weighted by Gasteiger charge is 2.30. The third-order valence-corrected chi connectivity index (χ3v) is 3.79. The first-order chi connectivity index (χ1) is 11.1. The highest BCUT2D eigenvalue weighted by Crippen LogP contribution is 2.25. The highest BCUT2D eigenvalue weighted by molar-refractivity contribution is 5.88. The maximum atomic E-state index is 11.9. The molecule has 0 bridgehead atoms. The third kappa shape index (κ3) is 2.77. The standard InChI is InChI=1S/C16H17N3O4/c1-2-23-16(22)18-9-8-13-12(10-18)14(15(20)21)17-19(13)11-6-4-3-5-7-11/h3-7H,2,8-10H2,1H3,(H,20,21). The Labute approximate surface area is 133 Å². The highest BCUT2D eigenvalue weighted by atomic mass is 16.6. The number of hydrogen-bond acceptors (Lipinski definition) is 4. The quantitative estimate of drug-likeness (QED) is 0.937. The van der Waals surface area contributed by atoms with Gasteiger partial charge in [0.25, 0.3) is 0 Å². The van der Waals surface area contributed by atoms with Crippen molar-refractivity contribution in [3.05, 3.63) is 47.3 Å². The lowest BCUT2D eigenvalue weighted by atomic mass is 10.1. The third-order valence-electron chi connectivity index (χ3n) is 3.79. The number of carboxylic acid groups (broad SMARTS) is 1. The zero-order chi connectivity index (χ0) is 16.4. The number of fused-ring (bicyclic) bond motifs is 1. The molecule has 0 saturated carbocycles. The average molecular weight is 315 g/mol. The van der Waals surface area contributed by atoms with Crippen molar-refractivity contribution < 1.29 is 19.4 Å². The van der Waals surface area contributed by atoms with Crippen LogP contribution in [0.3, 0.4) is 0 Å². The van der Waals surface area contributed by atoms with Crippen LogP contribution in [0.4, 0.5) is 4.79 Å². The van der Waals surface area contributed by atoms with Gasteiger partial charge in [-0.3, -0.25) is 0 Å². The molecular formula is C16H17N3O4. The monoisotopic (exact) mass is 315 g/mol. The second-order valence-corrected chi connectivity index (χ2v) is 5.20. The predicted molar refractivity (Wildman–Crippen MR) is 81.7 cm³/mol. The normalized spacial score (nSPS) is 13.5. The number of aromatic carboxylic acids is 1. The molecule has 0 atom stereocenters. The summed E-state index contributed by atoms with van der Waals surface area (Å²) in [5, 5.41) is 13.7. The summed E-state index contributed by atoms with van der Waals surface area (Å²) in [4.78, 5) is 24.9. The zero-order valence-corrected chi connectivity index (χ0v) is 12.7. The van der Waals surface area contributed by atoms with Crippen molar-refractivity contribution in [1.29, 1.82) is 0 Å². The molecule has 1 aromatic heterocycles. The summed E-state index contributed by atoms with van der Waals surface area (Å²) < 4.78 is 6.65. The number of nitrogens with zero attached hydrogens (tertiary/aromatic N) is 3. The molecule has 1 aromatic carbocycles. The first kappa shape index (κ1) is 15.1. The second-order valence-electron chi connectivity index (χ2n) is 5.20. The summed E-state index contributed by atoms with van der Waals surface area (Å²) in [6.07, 6.45) is 0.102. The minimum absolute atomic E-state index is 0.0159. The Balaban J connectivity index is 2.01. The first-order valence-corrected chi connectivity index (χ1v) is 7.43. The van der Waals surface area contributed by atoms with E-state index < -0.39 is 12.1 Å². The Kier molecular flexibility index (Phi) is 4.01. The van der Waals surface area contributed by atoms with Crippen LogP contribution in [0.5, 0.6) is 0 Å². The van der Waals surface area contributed by atoms with E-state index in [4.69, 9.17) is 4.74 Å². The Hall–Kier alpha value is -2.83. The number of carbonyl (C=O) groups is 2. The molecule has 1 N–H and O–H groups in total. The van der Waals surface area contributed by atoms with E-state index in [2.05, 4.69) is 5.10 Å². The number of ether oxygens (including phenoxy) is 1. The first-order valence-electron chi connectivity index (χ1n) is 7.43. The van der Waals surface area contributed by atoms with Crippen LogP contribution in [0.1, 0.15) is 28.7 Å². The summed E-state index contributed by atoms with van der Waals surface area (Å²) >= 11 is 0. The van der Waals surface area contributed by atoms with Gasteiger partial charge in [0.05, 0.1) is 24.5 Å². The van der Waals surface area contributed by atoms with Crippen molar-refractivity contribution in [2.75, 3.05) is 13.2 Å². The molecule has 0 spiro atoms. The lowest BCUT2D eigenvalue weighted by molar-refractivity contribution is 0.0684. The van der Waals surface area contributed by atoms with Crippen molar-refractivity contribution >= 4 is 12.1 Å². The summed E-state index contributed by atoms with van der Waals surface area (Å²) in [6, 6.07) is 9.38. The maximum Gasteiger partial charge on any atom is 0.410 e. The number of rotatable bonds is 3. The summed E-state index contributed by atoms with van der Waals surface area (Å²) in [7, 11) is 0. The molecule has 1 aliphatic heterocycles. The molecular weight excluding hydrogens is 298 g/mol. The molecule has 2 aromatic rings. The van der Waals surface area contributed by atoms with Crippen LogP contribution in [0.15, 0.2) is 30.3 Å². The van der Waals surface area contributed by atoms with E-state index >= 15 is 0 Å². The molecule has 3 rings (SSSR count). The van der Waals surface area contributed by atoms with E-state index in [1.165, 1.54) is 4.90 Å². The molecule has 0 radical (unpaired) electrons. The maximum absolute atomic E-state index is 11.9. The van der Waals surface area contributed by atoms with Crippen LogP contribution in [0.25, 0.3) is 5.69 Å². The molecule has 1 aliphatic rings. The van der Waals surface area contributed by atoms with E-state index in [0.717, 1.165) is 11.4 Å². The number of hydrogen-bond donors (Lipinski definition) is 1. The number of para-hydroxylation sites is 1. The van der Waals surface area contributed by atoms with Gasteiger partial charge in [0.2, 0.25) is 0 Å². The molecule has 120 valence electrons. The molecule has 2 heterocycles. The lowest BCUT2D eigenvalue weighted by Crippen LogP contribution is -2.37. The summed E-state index contributed by atoms with van der Waals surface area (Å²) in [6.45, 7) is 2.70. The van der Waals surface area contributed by atoms with Gasteiger partial charge < -0.3 is 14.7 Å². The van der Waals surface area contributed by atoms with E-state index in [-0.39, 0.29) is 18.8 Å². The van der Waals surface area contributed by atoms with Crippen molar-refractivity contribution in [2.45, 2.75) is 19.9 Å². The molecule has 0 fully saturated rings. The van der Waals surface area contributed by atoms with Gasteiger partial charge in [0.1, 0.15) is 0 Å². The van der Waals surface area contributed by atoms with Gasteiger partial charge in [-0.05, 0) is 19.1 Å². The topological polar surface area (TPSA) is 84.7 Å². The van der Waals surface area contributed by atoms with Crippen LogP contribution in [0, 0.1) is 0 Å². The van der Waals surface area contributed by atoms with Crippen molar-refractivity contribution in [2.24, 2.45) is 0 Å². The Bertz CT molecular complexity index is 739. The van der Waals surface area contributed by atoms with Gasteiger partial charge in [-0.2, -0.15) is 5.10 Å². The summed E-state index contributed by atoms with van der Waals surface area (Å²) in [5.74, 6) is -1.10. The SMILES string of the molecule is CCOC(=O)N1CCc2c(c(C(=O)O)nn2-c2ccccc2)C1. The fraction of sp³-hybridized carbons (Fsp3) is 0.312. The Morgan fingerprint density at radius 2 is 2.04 bits per heavy atom. The Morgan fingerprint density at radius 3 is 2.70 bits per heavy atom. The predicted octanol–water partition coefficient (Wildman–Crippen LogP) is 2.09. The Morgan fingerprint density at radius 1 is 1.30 bits per heavy atom. The largest absolute Gasteiger partial charge is 0.476 e. The van der Waals surface area contributed by atoms with E-state index in [9.17, 15) is 14.7 Å². The molecule has 7 heteroatoms. The molecule has 23 heavy (non-hydrogen) atoms. The van der Waals surface area contributed by atoms with E-state index in [1.54, 1.807) is 11.6 Å². The van der Waals surface area contributed by atoms with Gasteiger partial charge in [0.15, 0.2) is 5.69 Å². The van der Waals surface area contributed by atoms with Gasteiger partial charge in [-0.15, -0.1) is 0 Å². The van der Waals surface area contributed by atoms with Crippen LogP contribution >= 0.6 is 0 Å².